The first kappa shape index (κ1) is 19.6. The van der Waals surface area contributed by atoms with E-state index < -0.39 is 18.2 Å². The Labute approximate surface area is 173 Å². The molecule has 2 aromatic heterocycles. The van der Waals surface area contributed by atoms with E-state index in [9.17, 15) is 9.59 Å². The SMILES string of the molecule is O=C(OC1c2nccnc2C(=O)N1c1ccc(Cl)cn1)N1CC[N-]CC1.[Os+]. The van der Waals surface area contributed by atoms with E-state index in [1.807, 2.05) is 0 Å². The number of amides is 2. The van der Waals surface area contributed by atoms with Gasteiger partial charge in [-0.2, -0.15) is 0 Å². The minimum absolute atomic E-state index is 0. The molecule has 0 bridgehead atoms. The second-order valence-corrected chi connectivity index (χ2v) is 6.13. The van der Waals surface area contributed by atoms with Gasteiger partial charge in [-0.3, -0.25) is 9.78 Å². The number of aromatic nitrogens is 3. The molecule has 4 heterocycles. The smallest absolute Gasteiger partial charge is 0.659 e. The Hall–Kier alpha value is -2.14. The molecule has 0 spiro atoms. The number of pyridine rings is 1. The molecule has 1 saturated heterocycles. The number of hydrogen-bond donors (Lipinski definition) is 0. The van der Waals surface area contributed by atoms with Crippen LogP contribution in [0.4, 0.5) is 10.6 Å². The van der Waals surface area contributed by atoms with Crippen molar-refractivity contribution in [2.45, 2.75) is 6.23 Å². The third-order valence-corrected chi connectivity index (χ3v) is 4.33. The van der Waals surface area contributed by atoms with Crippen molar-refractivity contribution in [1.29, 1.82) is 0 Å². The molecule has 0 saturated carbocycles. The summed E-state index contributed by atoms with van der Waals surface area (Å²) in [6.07, 6.45) is 2.71. The third kappa shape index (κ3) is 3.79. The number of carbonyl (C=O) groups excluding carboxylic acids is 2. The summed E-state index contributed by atoms with van der Waals surface area (Å²) >= 11 is 5.87. The fourth-order valence-corrected chi connectivity index (χ4v) is 2.95. The van der Waals surface area contributed by atoms with E-state index in [-0.39, 0.29) is 31.2 Å². The van der Waals surface area contributed by atoms with Gasteiger partial charge in [0.05, 0.1) is 5.02 Å². The molecule has 2 aliphatic rings. The Kier molecular flexibility index (Phi) is 6.00. The summed E-state index contributed by atoms with van der Waals surface area (Å²) in [5.41, 5.74) is 0.417. The summed E-state index contributed by atoms with van der Waals surface area (Å²) < 4.78 is 5.62. The molecule has 0 N–H and O–H groups in total. The van der Waals surface area contributed by atoms with Gasteiger partial charge in [0.25, 0.3) is 5.91 Å². The molecule has 2 amide bonds. The molecule has 1 unspecified atom stereocenters. The minimum Gasteiger partial charge on any atom is -0.659 e. The van der Waals surface area contributed by atoms with E-state index in [1.54, 1.807) is 17.0 Å². The third-order valence-electron chi connectivity index (χ3n) is 4.10. The van der Waals surface area contributed by atoms with Crippen molar-refractivity contribution < 1.29 is 34.1 Å². The zero-order valence-electron chi connectivity index (χ0n) is 13.9. The number of hydrogen-bond acceptors (Lipinski definition) is 6. The predicted molar refractivity (Wildman–Crippen MR) is 92.0 cm³/mol. The van der Waals surface area contributed by atoms with Gasteiger partial charge in [-0.15, -0.1) is 13.1 Å². The molecule has 1 fully saturated rings. The van der Waals surface area contributed by atoms with E-state index in [0.29, 0.717) is 37.0 Å². The molecule has 27 heavy (non-hydrogen) atoms. The van der Waals surface area contributed by atoms with Crippen LogP contribution in [0.25, 0.3) is 5.32 Å². The Morgan fingerprint density at radius 1 is 1.19 bits per heavy atom. The fourth-order valence-electron chi connectivity index (χ4n) is 2.84. The van der Waals surface area contributed by atoms with Gasteiger partial charge in [-0.25, -0.2) is 19.7 Å². The molecule has 0 aliphatic carbocycles. The standard InChI is InChI=1S/C16H14ClN6O3.Os/c17-10-1-2-11(21-9-10)23-14(24)12-13(20-4-3-19-12)15(23)26-16(25)22-7-5-18-6-8-22;/h1-4,9,15H,5-8H2;/q-1;+1. The Morgan fingerprint density at radius 2 is 1.93 bits per heavy atom. The van der Waals surface area contributed by atoms with Crippen LogP contribution in [0.3, 0.4) is 0 Å². The average molecular weight is 564 g/mol. The van der Waals surface area contributed by atoms with Crippen LogP contribution >= 0.6 is 11.6 Å². The number of ether oxygens (including phenoxy) is 1. The van der Waals surface area contributed by atoms with Crippen molar-refractivity contribution in [2.24, 2.45) is 0 Å². The number of nitrogens with zero attached hydrogens (tertiary/aromatic N) is 6. The number of rotatable bonds is 2. The fraction of sp³-hybridized carbons (Fsp3) is 0.312. The second-order valence-electron chi connectivity index (χ2n) is 5.69. The molecule has 2 aromatic rings. The zero-order chi connectivity index (χ0) is 18.1. The molecular weight excluding hydrogens is 550 g/mol. The van der Waals surface area contributed by atoms with Gasteiger partial charge in [0.15, 0.2) is 5.69 Å². The predicted octanol–water partition coefficient (Wildman–Crippen LogP) is 2.01. The van der Waals surface area contributed by atoms with Crippen molar-refractivity contribution >= 4 is 29.4 Å². The number of anilines is 1. The zero-order valence-corrected chi connectivity index (χ0v) is 17.2. The summed E-state index contributed by atoms with van der Waals surface area (Å²) in [6, 6.07) is 3.18. The van der Waals surface area contributed by atoms with Crippen LogP contribution in [-0.4, -0.2) is 58.0 Å². The molecule has 4 rings (SSSR count). The molecule has 2 aliphatic heterocycles. The van der Waals surface area contributed by atoms with Gasteiger partial charge in [0.1, 0.15) is 11.5 Å². The Balaban J connectivity index is 0.00000210. The maximum atomic E-state index is 12.8. The Morgan fingerprint density at radius 3 is 2.63 bits per heavy atom. The van der Waals surface area contributed by atoms with Gasteiger partial charge in [-0.1, -0.05) is 11.6 Å². The summed E-state index contributed by atoms with van der Waals surface area (Å²) in [7, 11) is 0. The molecule has 1 atom stereocenters. The van der Waals surface area contributed by atoms with Gasteiger partial charge >= 0.3 is 25.9 Å². The van der Waals surface area contributed by atoms with E-state index >= 15 is 0 Å². The summed E-state index contributed by atoms with van der Waals surface area (Å²) in [6.45, 7) is 2.09. The normalized spacial score (nSPS) is 18.7. The molecule has 1 radical (unpaired) electrons. The average Bonchev–Trinajstić information content (AvgIpc) is 2.95. The summed E-state index contributed by atoms with van der Waals surface area (Å²) in [5, 5.41) is 4.63. The summed E-state index contributed by atoms with van der Waals surface area (Å²) in [4.78, 5) is 40.6. The van der Waals surface area contributed by atoms with Crippen LogP contribution in [0.15, 0.2) is 30.7 Å². The number of carbonyl (C=O) groups is 2. The van der Waals surface area contributed by atoms with Crippen LogP contribution in [-0.2, 0) is 24.5 Å². The quantitative estimate of drug-likeness (QED) is 0.554. The van der Waals surface area contributed by atoms with Crippen molar-refractivity contribution in [3.05, 3.63) is 52.5 Å². The van der Waals surface area contributed by atoms with E-state index in [1.165, 1.54) is 23.5 Å². The first-order chi connectivity index (χ1) is 12.6. The van der Waals surface area contributed by atoms with Gasteiger partial charge in [-0.05, 0) is 12.1 Å². The molecular formula is C16H14ClN6O3Os. The minimum atomic E-state index is -1.04. The largest absolute Gasteiger partial charge is 1.00 e. The van der Waals surface area contributed by atoms with E-state index in [4.69, 9.17) is 16.3 Å². The van der Waals surface area contributed by atoms with Crippen molar-refractivity contribution in [2.75, 3.05) is 31.1 Å². The van der Waals surface area contributed by atoms with Crippen LogP contribution in [0, 0.1) is 0 Å². The van der Waals surface area contributed by atoms with Gasteiger partial charge in [0, 0.05) is 31.7 Å². The summed E-state index contributed by atoms with van der Waals surface area (Å²) in [5.74, 6) is -0.139. The van der Waals surface area contributed by atoms with Crippen LogP contribution < -0.4 is 4.90 Å². The van der Waals surface area contributed by atoms with Crippen molar-refractivity contribution in [1.82, 2.24) is 19.9 Å². The van der Waals surface area contributed by atoms with Crippen LogP contribution in [0.1, 0.15) is 22.4 Å². The molecule has 0 aromatic carbocycles. The monoisotopic (exact) mass is 565 g/mol. The second kappa shape index (κ2) is 8.25. The van der Waals surface area contributed by atoms with Crippen LogP contribution in [0.2, 0.25) is 5.02 Å². The van der Waals surface area contributed by atoms with Crippen LogP contribution in [0.5, 0.6) is 0 Å². The molecule has 11 heteroatoms. The maximum absolute atomic E-state index is 12.8. The first-order valence-electron chi connectivity index (χ1n) is 8.00. The number of halogens is 1. The number of piperazine rings is 1. The first-order valence-corrected chi connectivity index (χ1v) is 8.38. The molecule has 9 nitrogen and oxygen atoms in total. The van der Waals surface area contributed by atoms with Gasteiger partial charge < -0.3 is 15.0 Å². The van der Waals surface area contributed by atoms with Crippen molar-refractivity contribution in [3.63, 3.8) is 0 Å². The maximum Gasteiger partial charge on any atom is 1.00 e. The Bertz CT molecular complexity index is 846. The topological polar surface area (TPSA) is 103 Å². The molecule has 141 valence electrons. The van der Waals surface area contributed by atoms with Gasteiger partial charge in [0.2, 0.25) is 6.23 Å². The van der Waals surface area contributed by atoms with E-state index in [0.717, 1.165) is 0 Å². The van der Waals surface area contributed by atoms with E-state index in [2.05, 4.69) is 20.3 Å². The van der Waals surface area contributed by atoms with Crippen molar-refractivity contribution in [3.8, 4) is 0 Å². The number of fused-ring (bicyclic) bond motifs is 1.